The second-order valence-corrected chi connectivity index (χ2v) is 7.50. The van der Waals surface area contributed by atoms with Gasteiger partial charge in [0.1, 0.15) is 12.6 Å². The summed E-state index contributed by atoms with van der Waals surface area (Å²) in [6, 6.07) is 2.73. The van der Waals surface area contributed by atoms with E-state index in [0.717, 1.165) is 29.9 Å². The van der Waals surface area contributed by atoms with Crippen LogP contribution in [-0.2, 0) is 28.9 Å². The number of carboxylic acids is 1. The summed E-state index contributed by atoms with van der Waals surface area (Å²) in [4.78, 5) is 42.8. The van der Waals surface area contributed by atoms with Crippen LogP contribution in [-0.4, -0.2) is 81.7 Å². The predicted octanol–water partition coefficient (Wildman–Crippen LogP) is 0.192. The lowest BCUT2D eigenvalue weighted by molar-refractivity contribution is -0.150. The Morgan fingerprint density at radius 2 is 2.00 bits per heavy atom. The van der Waals surface area contributed by atoms with Gasteiger partial charge in [-0.3, -0.25) is 14.6 Å². The highest BCUT2D eigenvalue weighted by molar-refractivity contribution is 5.90. The number of piperazine rings is 1. The molecule has 9 heteroatoms. The first kappa shape index (κ1) is 21.0. The van der Waals surface area contributed by atoms with Crippen molar-refractivity contribution in [3.05, 3.63) is 29.1 Å². The minimum atomic E-state index is -1.12. The van der Waals surface area contributed by atoms with Gasteiger partial charge in [-0.2, -0.15) is 0 Å². The highest BCUT2D eigenvalue weighted by Crippen LogP contribution is 2.20. The molecule has 0 unspecified atom stereocenters. The number of urea groups is 1. The van der Waals surface area contributed by atoms with E-state index in [1.165, 1.54) is 29.0 Å². The SMILES string of the molecule is O=C(O)CN1CCN(C(=O)NCCCc2ccc3c(n2)CCCC3)[C@H](CO)C1=O. The highest BCUT2D eigenvalue weighted by atomic mass is 16.4. The van der Waals surface area contributed by atoms with Crippen LogP contribution in [0.5, 0.6) is 0 Å². The number of pyridine rings is 1. The normalized spacial score (nSPS) is 19.1. The number of carbonyl (C=O) groups excluding carboxylic acids is 2. The van der Waals surface area contributed by atoms with E-state index in [-0.39, 0.29) is 13.1 Å². The first-order chi connectivity index (χ1) is 14.0. The lowest BCUT2D eigenvalue weighted by atomic mass is 9.95. The first-order valence-electron chi connectivity index (χ1n) is 10.1. The summed E-state index contributed by atoms with van der Waals surface area (Å²) >= 11 is 0. The summed E-state index contributed by atoms with van der Waals surface area (Å²) in [5, 5.41) is 21.2. The first-order valence-corrected chi connectivity index (χ1v) is 10.1. The average molecular weight is 404 g/mol. The van der Waals surface area contributed by atoms with E-state index >= 15 is 0 Å². The molecule has 1 aromatic rings. The Bertz CT molecular complexity index is 769. The number of aliphatic hydroxyl groups is 1. The van der Waals surface area contributed by atoms with E-state index in [0.29, 0.717) is 13.0 Å². The lowest BCUT2D eigenvalue weighted by Gasteiger charge is -2.39. The summed E-state index contributed by atoms with van der Waals surface area (Å²) in [7, 11) is 0. The fourth-order valence-corrected chi connectivity index (χ4v) is 3.91. The van der Waals surface area contributed by atoms with Gasteiger partial charge in [0.05, 0.1) is 6.61 Å². The highest BCUT2D eigenvalue weighted by Gasteiger charge is 2.37. The van der Waals surface area contributed by atoms with Gasteiger partial charge < -0.3 is 25.3 Å². The Hall–Kier alpha value is -2.68. The molecule has 0 aromatic carbocycles. The zero-order valence-electron chi connectivity index (χ0n) is 16.5. The van der Waals surface area contributed by atoms with Gasteiger partial charge >= 0.3 is 12.0 Å². The molecule has 2 heterocycles. The van der Waals surface area contributed by atoms with Gasteiger partial charge in [0.2, 0.25) is 5.91 Å². The van der Waals surface area contributed by atoms with E-state index in [2.05, 4.69) is 11.4 Å². The maximum Gasteiger partial charge on any atom is 0.323 e. The number of aliphatic carboxylic acids is 1. The molecule has 29 heavy (non-hydrogen) atoms. The molecule has 3 amide bonds. The molecule has 1 aromatic heterocycles. The van der Waals surface area contributed by atoms with Crippen LogP contribution < -0.4 is 5.32 Å². The van der Waals surface area contributed by atoms with Gasteiger partial charge in [-0.15, -0.1) is 0 Å². The molecule has 1 fully saturated rings. The fraction of sp³-hybridized carbons (Fsp3) is 0.600. The average Bonchev–Trinajstić information content (AvgIpc) is 2.72. The van der Waals surface area contributed by atoms with Gasteiger partial charge in [-0.05, 0) is 50.2 Å². The standard InChI is InChI=1S/C20H28N4O5/c25-13-17-19(28)23(12-18(26)27)10-11-24(17)20(29)21-9-3-5-15-8-7-14-4-1-2-6-16(14)22-15/h7-8,17,25H,1-6,9-13H2,(H,21,29)(H,26,27)/t17-/m1/s1. The summed E-state index contributed by atoms with van der Waals surface area (Å²) < 4.78 is 0. The number of hydrogen-bond donors (Lipinski definition) is 3. The molecule has 0 radical (unpaired) electrons. The van der Waals surface area contributed by atoms with Crippen LogP contribution in [0.4, 0.5) is 4.79 Å². The summed E-state index contributed by atoms with van der Waals surface area (Å²) in [6.45, 7) is -0.226. The quantitative estimate of drug-likeness (QED) is 0.558. The molecule has 0 bridgehead atoms. The summed E-state index contributed by atoms with van der Waals surface area (Å²) in [6.07, 6.45) is 6.01. The van der Waals surface area contributed by atoms with E-state index < -0.39 is 37.1 Å². The number of aromatic nitrogens is 1. The number of amides is 3. The number of aryl methyl sites for hydroxylation is 3. The van der Waals surface area contributed by atoms with Gasteiger partial charge in [0.15, 0.2) is 0 Å². The number of fused-ring (bicyclic) bond motifs is 1. The molecule has 9 nitrogen and oxygen atoms in total. The van der Waals surface area contributed by atoms with Crippen LogP contribution in [0.1, 0.15) is 36.2 Å². The maximum absolute atomic E-state index is 12.4. The van der Waals surface area contributed by atoms with Crippen molar-refractivity contribution in [1.82, 2.24) is 20.1 Å². The van der Waals surface area contributed by atoms with Crippen molar-refractivity contribution < 1.29 is 24.6 Å². The van der Waals surface area contributed by atoms with E-state index in [1.807, 2.05) is 6.07 Å². The number of aliphatic hydroxyl groups excluding tert-OH is 1. The van der Waals surface area contributed by atoms with Crippen LogP contribution in [0.25, 0.3) is 0 Å². The van der Waals surface area contributed by atoms with Crippen LogP contribution in [0.15, 0.2) is 12.1 Å². The van der Waals surface area contributed by atoms with Crippen LogP contribution in [0.2, 0.25) is 0 Å². The molecule has 1 atom stereocenters. The van der Waals surface area contributed by atoms with Crippen LogP contribution >= 0.6 is 0 Å². The molecule has 2 aliphatic rings. The van der Waals surface area contributed by atoms with Crippen LogP contribution in [0.3, 0.4) is 0 Å². The topological polar surface area (TPSA) is 123 Å². The van der Waals surface area contributed by atoms with Gasteiger partial charge in [-0.1, -0.05) is 6.07 Å². The number of rotatable bonds is 7. The minimum absolute atomic E-state index is 0.133. The number of carboxylic acid groups (broad SMARTS) is 1. The maximum atomic E-state index is 12.4. The third kappa shape index (κ3) is 5.23. The smallest absolute Gasteiger partial charge is 0.323 e. The molecule has 0 spiro atoms. The van der Waals surface area contributed by atoms with Crippen molar-refractivity contribution >= 4 is 17.9 Å². The predicted molar refractivity (Wildman–Crippen MR) is 104 cm³/mol. The van der Waals surface area contributed by atoms with Crippen molar-refractivity contribution in [2.24, 2.45) is 0 Å². The molecule has 158 valence electrons. The molecule has 3 N–H and O–H groups in total. The van der Waals surface area contributed by atoms with Crippen molar-refractivity contribution in [2.75, 3.05) is 32.8 Å². The lowest BCUT2D eigenvalue weighted by Crippen LogP contribution is -2.62. The fourth-order valence-electron chi connectivity index (χ4n) is 3.91. The van der Waals surface area contributed by atoms with Gasteiger partial charge in [0.25, 0.3) is 0 Å². The second kappa shape index (κ2) is 9.69. The van der Waals surface area contributed by atoms with E-state index in [4.69, 9.17) is 10.1 Å². The van der Waals surface area contributed by atoms with Crippen molar-refractivity contribution in [1.29, 1.82) is 0 Å². The number of nitrogens with zero attached hydrogens (tertiary/aromatic N) is 3. The Morgan fingerprint density at radius 1 is 1.21 bits per heavy atom. The third-order valence-electron chi connectivity index (χ3n) is 5.47. The molecule has 1 aliphatic carbocycles. The van der Waals surface area contributed by atoms with Crippen LogP contribution in [0, 0.1) is 0 Å². The van der Waals surface area contributed by atoms with Crippen molar-refractivity contribution in [3.8, 4) is 0 Å². The largest absolute Gasteiger partial charge is 0.480 e. The number of hydrogen-bond acceptors (Lipinski definition) is 5. The van der Waals surface area contributed by atoms with Crippen molar-refractivity contribution in [3.63, 3.8) is 0 Å². The zero-order chi connectivity index (χ0) is 20.8. The Balaban J connectivity index is 1.46. The summed E-state index contributed by atoms with van der Waals surface area (Å²) in [5.41, 5.74) is 3.56. The van der Waals surface area contributed by atoms with E-state index in [1.54, 1.807) is 0 Å². The number of carbonyl (C=O) groups is 3. The Kier molecular flexibility index (Phi) is 7.03. The Morgan fingerprint density at radius 3 is 2.76 bits per heavy atom. The zero-order valence-corrected chi connectivity index (χ0v) is 16.5. The minimum Gasteiger partial charge on any atom is -0.480 e. The summed E-state index contributed by atoms with van der Waals surface area (Å²) in [5.74, 6) is -1.67. The molecule has 1 saturated heterocycles. The third-order valence-corrected chi connectivity index (χ3v) is 5.47. The van der Waals surface area contributed by atoms with Gasteiger partial charge in [0, 0.05) is 31.0 Å². The molecule has 3 rings (SSSR count). The van der Waals surface area contributed by atoms with Gasteiger partial charge in [-0.25, -0.2) is 4.79 Å². The molecular formula is C20H28N4O5. The molecular weight excluding hydrogens is 376 g/mol. The Labute approximate surface area is 169 Å². The molecule has 0 saturated carbocycles. The van der Waals surface area contributed by atoms with E-state index in [9.17, 15) is 19.5 Å². The number of nitrogens with one attached hydrogen (secondary N) is 1. The molecule has 1 aliphatic heterocycles. The second-order valence-electron chi connectivity index (χ2n) is 7.50. The monoisotopic (exact) mass is 404 g/mol. The van der Waals surface area contributed by atoms with Crippen molar-refractivity contribution in [2.45, 2.75) is 44.6 Å².